The highest BCUT2D eigenvalue weighted by atomic mass is 35.5. The van der Waals surface area contributed by atoms with Crippen LogP contribution in [0.2, 0.25) is 5.02 Å². The van der Waals surface area contributed by atoms with Gasteiger partial charge in [0.1, 0.15) is 5.82 Å². The molecule has 0 aliphatic carbocycles. The van der Waals surface area contributed by atoms with Crippen LogP contribution >= 0.6 is 23.4 Å². The molecule has 88 valence electrons. The van der Waals surface area contributed by atoms with Crippen LogP contribution in [0.1, 0.15) is 18.4 Å². The summed E-state index contributed by atoms with van der Waals surface area (Å²) in [5.74, 6) is 0.811. The molecule has 1 aliphatic rings. The maximum atomic E-state index is 13.4. The molecule has 1 aromatic rings. The third-order valence-corrected chi connectivity index (χ3v) is 4.57. The Morgan fingerprint density at radius 1 is 1.56 bits per heavy atom. The molecule has 16 heavy (non-hydrogen) atoms. The first-order valence-corrected chi connectivity index (χ1v) is 6.83. The number of benzene rings is 1. The van der Waals surface area contributed by atoms with E-state index in [1.165, 1.54) is 12.1 Å². The van der Waals surface area contributed by atoms with Crippen molar-refractivity contribution in [3.63, 3.8) is 0 Å². The Labute approximate surface area is 104 Å². The van der Waals surface area contributed by atoms with Crippen molar-refractivity contribution in [3.8, 4) is 0 Å². The van der Waals surface area contributed by atoms with Gasteiger partial charge in [-0.15, -0.1) is 0 Å². The first-order chi connectivity index (χ1) is 7.66. The van der Waals surface area contributed by atoms with Crippen LogP contribution < -0.4 is 0 Å². The number of halogens is 2. The van der Waals surface area contributed by atoms with Gasteiger partial charge in [-0.2, -0.15) is 11.8 Å². The Morgan fingerprint density at radius 3 is 3.06 bits per heavy atom. The maximum absolute atomic E-state index is 13.4. The maximum Gasteiger partial charge on any atom is 0.126 e. The number of hydrogen-bond acceptors (Lipinski definition) is 2. The summed E-state index contributed by atoms with van der Waals surface area (Å²) in [4.78, 5) is 0. The van der Waals surface area contributed by atoms with Crippen molar-refractivity contribution >= 4 is 23.4 Å². The fraction of sp³-hybridized carbons (Fsp3) is 0.500. The van der Waals surface area contributed by atoms with Crippen LogP contribution in [0.25, 0.3) is 0 Å². The van der Waals surface area contributed by atoms with Crippen LogP contribution in [0.15, 0.2) is 18.2 Å². The number of rotatable bonds is 3. The van der Waals surface area contributed by atoms with E-state index in [1.54, 1.807) is 17.8 Å². The molecule has 0 aromatic heterocycles. The van der Waals surface area contributed by atoms with Crippen molar-refractivity contribution in [2.24, 2.45) is 0 Å². The molecule has 2 rings (SSSR count). The van der Waals surface area contributed by atoms with Gasteiger partial charge in [0, 0.05) is 16.7 Å². The smallest absolute Gasteiger partial charge is 0.126 e. The minimum atomic E-state index is -0.472. The molecule has 0 spiro atoms. The van der Waals surface area contributed by atoms with Gasteiger partial charge < -0.3 is 5.11 Å². The molecule has 0 bridgehead atoms. The molecule has 0 saturated carbocycles. The molecule has 1 aromatic carbocycles. The minimum absolute atomic E-state index is 0.249. The number of aliphatic hydroxyl groups excluding tert-OH is 1. The third kappa shape index (κ3) is 2.90. The summed E-state index contributed by atoms with van der Waals surface area (Å²) in [5, 5.41) is 10.8. The zero-order chi connectivity index (χ0) is 11.5. The minimum Gasteiger partial charge on any atom is -0.392 e. The van der Waals surface area contributed by atoms with Gasteiger partial charge in [0.2, 0.25) is 0 Å². The van der Waals surface area contributed by atoms with E-state index >= 15 is 0 Å². The second-order valence-electron chi connectivity index (χ2n) is 4.06. The number of hydrogen-bond donors (Lipinski definition) is 1. The van der Waals surface area contributed by atoms with E-state index < -0.39 is 6.10 Å². The monoisotopic (exact) mass is 260 g/mol. The van der Waals surface area contributed by atoms with Crippen molar-refractivity contribution < 1.29 is 9.50 Å². The molecule has 1 N–H and O–H groups in total. The molecule has 1 aliphatic heterocycles. The molecule has 1 heterocycles. The Morgan fingerprint density at radius 2 is 2.38 bits per heavy atom. The second kappa shape index (κ2) is 5.39. The van der Waals surface area contributed by atoms with Gasteiger partial charge in [-0.05, 0) is 42.4 Å². The van der Waals surface area contributed by atoms with Gasteiger partial charge in [0.05, 0.1) is 6.10 Å². The molecular formula is C12H14ClFOS. The van der Waals surface area contributed by atoms with Crippen molar-refractivity contribution in [3.05, 3.63) is 34.6 Å². The summed E-state index contributed by atoms with van der Waals surface area (Å²) < 4.78 is 13.4. The summed E-state index contributed by atoms with van der Waals surface area (Å²) in [7, 11) is 0. The molecule has 1 saturated heterocycles. The highest BCUT2D eigenvalue weighted by Gasteiger charge is 2.24. The molecular weight excluding hydrogens is 247 g/mol. The van der Waals surface area contributed by atoms with Crippen LogP contribution in [-0.4, -0.2) is 22.2 Å². The zero-order valence-electron chi connectivity index (χ0n) is 8.83. The van der Waals surface area contributed by atoms with Crippen molar-refractivity contribution in [2.75, 3.05) is 5.75 Å². The number of thioether (sulfide) groups is 1. The first kappa shape index (κ1) is 12.2. The predicted molar refractivity (Wildman–Crippen MR) is 66.6 cm³/mol. The summed E-state index contributed by atoms with van der Waals surface area (Å²) >= 11 is 7.58. The van der Waals surface area contributed by atoms with Gasteiger partial charge in [-0.25, -0.2) is 4.39 Å². The van der Waals surface area contributed by atoms with E-state index in [9.17, 15) is 9.50 Å². The SMILES string of the molecule is OC(Cc1cc(Cl)ccc1F)C1CCCS1. The van der Waals surface area contributed by atoms with E-state index in [-0.39, 0.29) is 11.1 Å². The van der Waals surface area contributed by atoms with Gasteiger partial charge in [0.25, 0.3) is 0 Å². The molecule has 0 radical (unpaired) electrons. The normalized spacial score (nSPS) is 22.3. The lowest BCUT2D eigenvalue weighted by atomic mass is 10.0. The quantitative estimate of drug-likeness (QED) is 0.900. The van der Waals surface area contributed by atoms with E-state index in [2.05, 4.69) is 0 Å². The van der Waals surface area contributed by atoms with Crippen LogP contribution in [0.3, 0.4) is 0 Å². The predicted octanol–water partition coefficient (Wildman–Crippen LogP) is 3.28. The Kier molecular flexibility index (Phi) is 4.11. The first-order valence-electron chi connectivity index (χ1n) is 5.40. The van der Waals surface area contributed by atoms with Crippen molar-refractivity contribution in [1.82, 2.24) is 0 Å². The summed E-state index contributed by atoms with van der Waals surface area (Å²) in [5.41, 5.74) is 0.507. The number of aliphatic hydroxyl groups is 1. The van der Waals surface area contributed by atoms with Gasteiger partial charge in [-0.3, -0.25) is 0 Å². The van der Waals surface area contributed by atoms with Crippen molar-refractivity contribution in [2.45, 2.75) is 30.6 Å². The lowest BCUT2D eigenvalue weighted by molar-refractivity contribution is 0.169. The fourth-order valence-electron chi connectivity index (χ4n) is 1.96. The molecule has 1 fully saturated rings. The van der Waals surface area contributed by atoms with E-state index in [1.807, 2.05) is 0 Å². The lowest BCUT2D eigenvalue weighted by Gasteiger charge is -2.17. The van der Waals surface area contributed by atoms with Gasteiger partial charge in [-0.1, -0.05) is 11.6 Å². The van der Waals surface area contributed by atoms with Gasteiger partial charge in [0.15, 0.2) is 0 Å². The van der Waals surface area contributed by atoms with Gasteiger partial charge >= 0.3 is 0 Å². The van der Waals surface area contributed by atoms with Crippen molar-refractivity contribution in [1.29, 1.82) is 0 Å². The fourth-order valence-corrected chi connectivity index (χ4v) is 3.45. The highest BCUT2D eigenvalue weighted by molar-refractivity contribution is 8.00. The zero-order valence-corrected chi connectivity index (χ0v) is 10.4. The summed E-state index contributed by atoms with van der Waals surface area (Å²) in [6, 6.07) is 4.48. The molecule has 4 heteroatoms. The molecule has 0 amide bonds. The van der Waals surface area contributed by atoms with Crippen LogP contribution in [0.4, 0.5) is 4.39 Å². The second-order valence-corrected chi connectivity index (χ2v) is 5.84. The third-order valence-electron chi connectivity index (χ3n) is 2.83. The molecule has 1 nitrogen and oxygen atoms in total. The van der Waals surface area contributed by atoms with Crippen LogP contribution in [0.5, 0.6) is 0 Å². The highest BCUT2D eigenvalue weighted by Crippen LogP contribution is 2.30. The largest absolute Gasteiger partial charge is 0.392 e. The van der Waals surface area contributed by atoms with E-state index in [0.717, 1.165) is 18.6 Å². The summed E-state index contributed by atoms with van der Waals surface area (Å²) in [6.45, 7) is 0. The Bertz CT molecular complexity index is 366. The van der Waals surface area contributed by atoms with Crippen LogP contribution in [0, 0.1) is 5.82 Å². The van der Waals surface area contributed by atoms with E-state index in [0.29, 0.717) is 17.0 Å². The average Bonchev–Trinajstić information content (AvgIpc) is 2.76. The molecule has 2 unspecified atom stereocenters. The Balaban J connectivity index is 2.04. The topological polar surface area (TPSA) is 20.2 Å². The summed E-state index contributed by atoms with van der Waals surface area (Å²) in [6.07, 6.45) is 2.04. The standard InChI is InChI=1S/C12H14ClFOS/c13-9-3-4-10(14)8(6-9)7-11(15)12-2-1-5-16-12/h3-4,6,11-12,15H,1-2,5,7H2. The lowest BCUT2D eigenvalue weighted by Crippen LogP contribution is -2.23. The van der Waals surface area contributed by atoms with Crippen LogP contribution in [-0.2, 0) is 6.42 Å². The molecule has 2 atom stereocenters. The average molecular weight is 261 g/mol. The van der Waals surface area contributed by atoms with E-state index in [4.69, 9.17) is 11.6 Å². The Hall–Kier alpha value is -0.250.